The first-order chi connectivity index (χ1) is 4.57. The summed E-state index contributed by atoms with van der Waals surface area (Å²) in [5.41, 5.74) is 4.69. The molecule has 0 aliphatic heterocycles. The number of hydrogen-bond donors (Lipinski definition) is 1. The molecule has 0 aromatic carbocycles. The summed E-state index contributed by atoms with van der Waals surface area (Å²) in [4.78, 5) is 20.5. The molecule has 0 aliphatic rings. The van der Waals surface area contributed by atoms with Gasteiger partial charge >= 0.3 is 5.97 Å². The van der Waals surface area contributed by atoms with Gasteiger partial charge < -0.3 is 10.5 Å². The molecule has 0 unspecified atom stereocenters. The van der Waals surface area contributed by atoms with Gasteiger partial charge in [-0.15, -0.1) is 0 Å². The fourth-order valence-corrected chi connectivity index (χ4v) is 0.213. The van der Waals surface area contributed by atoms with Gasteiger partial charge in [-0.05, 0) is 0 Å². The van der Waals surface area contributed by atoms with E-state index >= 15 is 0 Å². The maximum absolute atomic E-state index is 10.3. The van der Waals surface area contributed by atoms with E-state index in [-0.39, 0.29) is 5.76 Å². The Bertz CT molecular complexity index is 195. The summed E-state index contributed by atoms with van der Waals surface area (Å²) in [6, 6.07) is 0. The second-order valence-electron chi connectivity index (χ2n) is 1.41. The third kappa shape index (κ3) is 2.66. The van der Waals surface area contributed by atoms with Gasteiger partial charge in [0.25, 0.3) is 5.91 Å². The fraction of sp³-hybridized carbons (Fsp3) is 0. The summed E-state index contributed by atoms with van der Waals surface area (Å²) >= 11 is 0. The topological polar surface area (TPSA) is 69.4 Å². The van der Waals surface area contributed by atoms with Gasteiger partial charge in [-0.2, -0.15) is 0 Å². The largest absolute Gasteiger partial charge is 0.418 e. The second kappa shape index (κ2) is 3.45. The third-order valence-electron chi connectivity index (χ3n) is 0.665. The Labute approximate surface area is 58.0 Å². The van der Waals surface area contributed by atoms with Crippen LogP contribution in [0.25, 0.3) is 0 Å². The Morgan fingerprint density at radius 2 is 2.00 bits per heavy atom. The first kappa shape index (κ1) is 8.42. The lowest BCUT2D eigenvalue weighted by molar-refractivity contribution is -0.137. The Balaban J connectivity index is 3.92. The van der Waals surface area contributed by atoms with Gasteiger partial charge in [0.05, 0.1) is 0 Å². The maximum atomic E-state index is 10.3. The summed E-state index contributed by atoms with van der Waals surface area (Å²) in [7, 11) is 0. The van der Waals surface area contributed by atoms with E-state index in [1.807, 2.05) is 0 Å². The van der Waals surface area contributed by atoms with Crippen LogP contribution in [0.1, 0.15) is 0 Å². The highest BCUT2D eigenvalue weighted by Gasteiger charge is 2.05. The number of nitrogens with two attached hydrogens (primary N) is 1. The van der Waals surface area contributed by atoms with Crippen molar-refractivity contribution < 1.29 is 14.3 Å². The Morgan fingerprint density at radius 1 is 1.50 bits per heavy atom. The molecule has 10 heavy (non-hydrogen) atoms. The number of ether oxygens (including phenoxy) is 1. The standard InChI is InChI=1S/C6H7NO3/c1-3-5(8)10-4(2)6(7)9/h3H,1-2H2,(H2,7,9). The van der Waals surface area contributed by atoms with Crippen molar-refractivity contribution in [3.8, 4) is 0 Å². The van der Waals surface area contributed by atoms with Crippen LogP contribution in [0, 0.1) is 0 Å². The maximum Gasteiger partial charge on any atom is 0.335 e. The number of amides is 1. The number of carbonyl (C=O) groups is 2. The predicted octanol–water partition coefficient (Wildman–Crippen LogP) is -0.285. The molecule has 4 heteroatoms. The number of esters is 1. The van der Waals surface area contributed by atoms with Crippen molar-refractivity contribution in [1.82, 2.24) is 0 Å². The molecular formula is C6H7NO3. The molecule has 4 nitrogen and oxygen atoms in total. The molecule has 0 bridgehead atoms. The highest BCUT2D eigenvalue weighted by molar-refractivity contribution is 5.93. The average Bonchev–Trinajstić information content (AvgIpc) is 1.87. The fourth-order valence-electron chi connectivity index (χ4n) is 0.213. The van der Waals surface area contributed by atoms with Crippen molar-refractivity contribution in [3.63, 3.8) is 0 Å². The van der Waals surface area contributed by atoms with Crippen LogP contribution in [0.15, 0.2) is 25.0 Å². The summed E-state index contributed by atoms with van der Waals surface area (Å²) in [5.74, 6) is -2.00. The van der Waals surface area contributed by atoms with Crippen LogP contribution in [-0.4, -0.2) is 11.9 Å². The van der Waals surface area contributed by atoms with Crippen molar-refractivity contribution in [3.05, 3.63) is 25.0 Å². The van der Waals surface area contributed by atoms with E-state index in [4.69, 9.17) is 0 Å². The number of primary amides is 1. The molecular weight excluding hydrogens is 134 g/mol. The zero-order valence-electron chi connectivity index (χ0n) is 5.29. The number of carbonyl (C=O) groups excluding carboxylic acids is 2. The van der Waals surface area contributed by atoms with Crippen molar-refractivity contribution in [2.24, 2.45) is 5.73 Å². The van der Waals surface area contributed by atoms with Crippen molar-refractivity contribution in [1.29, 1.82) is 0 Å². The molecule has 0 heterocycles. The monoisotopic (exact) mass is 141 g/mol. The SMILES string of the molecule is C=CC(=O)OC(=C)C(N)=O. The van der Waals surface area contributed by atoms with Crippen molar-refractivity contribution in [2.45, 2.75) is 0 Å². The molecule has 0 atom stereocenters. The smallest absolute Gasteiger partial charge is 0.335 e. The predicted molar refractivity (Wildman–Crippen MR) is 34.6 cm³/mol. The minimum absolute atomic E-state index is 0.384. The van der Waals surface area contributed by atoms with Crippen LogP contribution in [0.5, 0.6) is 0 Å². The Morgan fingerprint density at radius 3 is 2.30 bits per heavy atom. The third-order valence-corrected chi connectivity index (χ3v) is 0.665. The molecule has 2 N–H and O–H groups in total. The molecule has 0 radical (unpaired) electrons. The minimum atomic E-state index is -0.866. The molecule has 0 spiro atoms. The van der Waals surface area contributed by atoms with Crippen LogP contribution in [0.4, 0.5) is 0 Å². The summed E-state index contributed by atoms with van der Waals surface area (Å²) in [6.45, 7) is 6.18. The van der Waals surface area contributed by atoms with Crippen LogP contribution >= 0.6 is 0 Å². The highest BCUT2D eigenvalue weighted by Crippen LogP contribution is 1.91. The zero-order chi connectivity index (χ0) is 8.15. The summed E-state index contributed by atoms with van der Waals surface area (Å²) in [5, 5.41) is 0. The van der Waals surface area contributed by atoms with Crippen LogP contribution < -0.4 is 5.73 Å². The Kier molecular flexibility index (Phi) is 2.90. The van der Waals surface area contributed by atoms with Gasteiger partial charge in [0.1, 0.15) is 0 Å². The van der Waals surface area contributed by atoms with Gasteiger partial charge in [0, 0.05) is 6.08 Å². The zero-order valence-corrected chi connectivity index (χ0v) is 5.29. The lowest BCUT2D eigenvalue weighted by Crippen LogP contribution is -2.17. The van der Waals surface area contributed by atoms with E-state index in [9.17, 15) is 9.59 Å². The van der Waals surface area contributed by atoms with E-state index in [2.05, 4.69) is 23.6 Å². The van der Waals surface area contributed by atoms with Crippen LogP contribution in [0.2, 0.25) is 0 Å². The van der Waals surface area contributed by atoms with E-state index in [1.54, 1.807) is 0 Å². The molecule has 0 rings (SSSR count). The lowest BCUT2D eigenvalue weighted by Gasteiger charge is -1.97. The van der Waals surface area contributed by atoms with Crippen LogP contribution in [0.3, 0.4) is 0 Å². The van der Waals surface area contributed by atoms with Gasteiger partial charge in [-0.1, -0.05) is 13.2 Å². The molecule has 54 valence electrons. The Hall–Kier alpha value is -1.58. The summed E-state index contributed by atoms with van der Waals surface area (Å²) in [6.07, 6.45) is 0.911. The van der Waals surface area contributed by atoms with Gasteiger partial charge in [-0.3, -0.25) is 4.79 Å². The lowest BCUT2D eigenvalue weighted by atomic mass is 10.5. The van der Waals surface area contributed by atoms with Crippen molar-refractivity contribution >= 4 is 11.9 Å². The average molecular weight is 141 g/mol. The molecule has 0 saturated heterocycles. The first-order valence-electron chi connectivity index (χ1n) is 2.41. The molecule has 0 aliphatic carbocycles. The quantitative estimate of drug-likeness (QED) is 0.333. The molecule has 0 aromatic heterocycles. The number of hydrogen-bond acceptors (Lipinski definition) is 3. The molecule has 1 amide bonds. The minimum Gasteiger partial charge on any atom is -0.418 e. The number of rotatable bonds is 3. The van der Waals surface area contributed by atoms with Crippen LogP contribution in [-0.2, 0) is 14.3 Å². The molecule has 0 aromatic rings. The van der Waals surface area contributed by atoms with Gasteiger partial charge in [-0.25, -0.2) is 4.79 Å². The van der Waals surface area contributed by atoms with E-state index in [0.29, 0.717) is 0 Å². The second-order valence-corrected chi connectivity index (χ2v) is 1.41. The normalized spacial score (nSPS) is 8.00. The summed E-state index contributed by atoms with van der Waals surface area (Å²) < 4.78 is 4.23. The van der Waals surface area contributed by atoms with Gasteiger partial charge in [0.2, 0.25) is 0 Å². The molecule has 0 fully saturated rings. The van der Waals surface area contributed by atoms with E-state index in [0.717, 1.165) is 6.08 Å². The van der Waals surface area contributed by atoms with E-state index in [1.165, 1.54) is 0 Å². The van der Waals surface area contributed by atoms with Crippen molar-refractivity contribution in [2.75, 3.05) is 0 Å². The molecule has 0 saturated carbocycles. The first-order valence-corrected chi connectivity index (χ1v) is 2.41. The van der Waals surface area contributed by atoms with E-state index < -0.39 is 11.9 Å². The van der Waals surface area contributed by atoms with Gasteiger partial charge in [0.15, 0.2) is 5.76 Å². The highest BCUT2D eigenvalue weighted by atomic mass is 16.5.